The van der Waals surface area contributed by atoms with Gasteiger partial charge in [0.15, 0.2) is 11.2 Å². The Hall–Kier alpha value is -5.12. The Bertz CT molecular complexity index is 1690. The molecule has 3 heterocycles. The van der Waals surface area contributed by atoms with E-state index >= 15 is 0 Å². The highest BCUT2D eigenvalue weighted by molar-refractivity contribution is 5.67. The van der Waals surface area contributed by atoms with Crippen molar-refractivity contribution in [2.24, 2.45) is 0 Å². The van der Waals surface area contributed by atoms with Crippen LogP contribution in [0, 0.1) is 0 Å². The van der Waals surface area contributed by atoms with Gasteiger partial charge >= 0.3 is 0 Å². The molecule has 6 aromatic rings. The minimum atomic E-state index is -0.330. The maximum atomic E-state index is 13.0. The number of rotatable bonds is 8. The molecule has 0 aliphatic rings. The van der Waals surface area contributed by atoms with Crippen molar-refractivity contribution in [1.82, 2.24) is 34.7 Å². The van der Waals surface area contributed by atoms with E-state index in [0.717, 1.165) is 22.4 Å². The van der Waals surface area contributed by atoms with Crippen molar-refractivity contribution in [3.05, 3.63) is 119 Å². The van der Waals surface area contributed by atoms with E-state index < -0.39 is 0 Å². The second-order valence-corrected chi connectivity index (χ2v) is 8.39. The zero-order chi connectivity index (χ0) is 25.0. The van der Waals surface area contributed by atoms with E-state index in [9.17, 15) is 4.79 Å². The van der Waals surface area contributed by atoms with Crippen LogP contribution in [0.1, 0.15) is 17.0 Å². The standard InChI is InChI=1S/C27H21N7O3/c35-27-24-26(34(32-30-24)15-19-7-3-1-4-8-19)28-18-33(27)16-23-29-25(31-37-23)21-11-13-22(14-12-21)36-17-20-9-5-2-6-10-20/h1-14,18H,15-17H2. The van der Waals surface area contributed by atoms with E-state index in [1.807, 2.05) is 84.9 Å². The van der Waals surface area contributed by atoms with E-state index in [1.165, 1.54) is 10.9 Å². The first-order valence-corrected chi connectivity index (χ1v) is 11.7. The van der Waals surface area contributed by atoms with Crippen molar-refractivity contribution in [2.75, 3.05) is 0 Å². The molecule has 0 saturated carbocycles. The third-order valence-electron chi connectivity index (χ3n) is 5.80. The molecule has 0 fully saturated rings. The molecule has 3 aromatic heterocycles. The Labute approximate surface area is 210 Å². The maximum absolute atomic E-state index is 13.0. The second kappa shape index (κ2) is 9.86. The summed E-state index contributed by atoms with van der Waals surface area (Å²) in [5, 5.41) is 12.2. The number of benzene rings is 3. The van der Waals surface area contributed by atoms with Crippen molar-refractivity contribution >= 4 is 11.2 Å². The van der Waals surface area contributed by atoms with Crippen LogP contribution in [0.2, 0.25) is 0 Å². The Morgan fingerprint density at radius 3 is 2.32 bits per heavy atom. The maximum Gasteiger partial charge on any atom is 0.283 e. The molecule has 0 bridgehead atoms. The van der Waals surface area contributed by atoms with Crippen LogP contribution < -0.4 is 10.3 Å². The first-order valence-electron chi connectivity index (χ1n) is 11.7. The van der Waals surface area contributed by atoms with Crippen molar-refractivity contribution in [2.45, 2.75) is 19.7 Å². The molecule has 10 heteroatoms. The topological polar surface area (TPSA) is 114 Å². The lowest BCUT2D eigenvalue weighted by Crippen LogP contribution is -2.21. The first-order chi connectivity index (χ1) is 18.2. The lowest BCUT2D eigenvalue weighted by Gasteiger charge is -2.06. The van der Waals surface area contributed by atoms with Crippen molar-refractivity contribution in [3.8, 4) is 17.1 Å². The van der Waals surface area contributed by atoms with Gasteiger partial charge in [-0.3, -0.25) is 9.36 Å². The lowest BCUT2D eigenvalue weighted by atomic mass is 10.2. The first kappa shape index (κ1) is 22.4. The van der Waals surface area contributed by atoms with Crippen LogP contribution in [0.5, 0.6) is 5.75 Å². The molecule has 3 aromatic carbocycles. The normalized spacial score (nSPS) is 11.1. The summed E-state index contributed by atoms with van der Waals surface area (Å²) in [5.74, 6) is 1.43. The van der Waals surface area contributed by atoms with Gasteiger partial charge in [0.05, 0.1) is 6.54 Å². The summed E-state index contributed by atoms with van der Waals surface area (Å²) in [5.41, 5.74) is 3.18. The van der Waals surface area contributed by atoms with Gasteiger partial charge in [0, 0.05) is 5.56 Å². The van der Waals surface area contributed by atoms with Crippen molar-refractivity contribution in [1.29, 1.82) is 0 Å². The molecule has 0 spiro atoms. The molecule has 0 radical (unpaired) electrons. The molecule has 10 nitrogen and oxygen atoms in total. The van der Waals surface area contributed by atoms with Gasteiger partial charge in [-0.15, -0.1) is 5.10 Å². The van der Waals surface area contributed by atoms with Crippen LogP contribution in [0.3, 0.4) is 0 Å². The zero-order valence-electron chi connectivity index (χ0n) is 19.6. The molecule has 0 aliphatic heterocycles. The predicted octanol–water partition coefficient (Wildman–Crippen LogP) is 3.71. The lowest BCUT2D eigenvalue weighted by molar-refractivity contribution is 0.306. The summed E-state index contributed by atoms with van der Waals surface area (Å²) in [7, 11) is 0. The van der Waals surface area contributed by atoms with Crippen molar-refractivity contribution in [3.63, 3.8) is 0 Å². The summed E-state index contributed by atoms with van der Waals surface area (Å²) >= 11 is 0. The molecule has 0 aliphatic carbocycles. The minimum absolute atomic E-state index is 0.0680. The van der Waals surface area contributed by atoms with Gasteiger partial charge in [0.1, 0.15) is 25.2 Å². The fraction of sp³-hybridized carbons (Fsp3) is 0.111. The summed E-state index contributed by atoms with van der Waals surface area (Å²) in [4.78, 5) is 21.8. The minimum Gasteiger partial charge on any atom is -0.489 e. The van der Waals surface area contributed by atoms with Gasteiger partial charge < -0.3 is 9.26 Å². The number of nitrogens with zero attached hydrogens (tertiary/aromatic N) is 7. The smallest absolute Gasteiger partial charge is 0.283 e. The van der Waals surface area contributed by atoms with Crippen molar-refractivity contribution < 1.29 is 9.26 Å². The number of fused-ring (bicyclic) bond motifs is 1. The average Bonchev–Trinajstić information content (AvgIpc) is 3.58. The quantitative estimate of drug-likeness (QED) is 0.317. The van der Waals surface area contributed by atoms with E-state index in [0.29, 0.717) is 24.6 Å². The summed E-state index contributed by atoms with van der Waals surface area (Å²) in [6.07, 6.45) is 1.44. The number of hydrogen-bond acceptors (Lipinski definition) is 8. The molecule has 0 amide bonds. The molecule has 6 rings (SSSR count). The molecule has 0 N–H and O–H groups in total. The average molecular weight is 492 g/mol. The number of hydrogen-bond donors (Lipinski definition) is 0. The number of aromatic nitrogens is 7. The Morgan fingerprint density at radius 1 is 0.838 bits per heavy atom. The third-order valence-corrected chi connectivity index (χ3v) is 5.80. The van der Waals surface area contributed by atoms with E-state index in [4.69, 9.17) is 9.26 Å². The van der Waals surface area contributed by atoms with Crippen LogP contribution in [-0.4, -0.2) is 34.7 Å². The van der Waals surface area contributed by atoms with Crippen LogP contribution in [0.15, 0.2) is 101 Å². The highest BCUT2D eigenvalue weighted by atomic mass is 16.5. The SMILES string of the molecule is O=c1c2nnn(Cc3ccccc3)c2ncn1Cc1nc(-c2ccc(OCc3ccccc3)cc2)no1. The van der Waals surface area contributed by atoms with E-state index in [1.54, 1.807) is 4.68 Å². The Kier molecular flexibility index (Phi) is 5.96. The zero-order valence-corrected chi connectivity index (χ0v) is 19.6. The van der Waals surface area contributed by atoms with Gasteiger partial charge in [0.2, 0.25) is 11.7 Å². The largest absolute Gasteiger partial charge is 0.489 e. The predicted molar refractivity (Wildman–Crippen MR) is 135 cm³/mol. The highest BCUT2D eigenvalue weighted by Gasteiger charge is 2.15. The van der Waals surface area contributed by atoms with Gasteiger partial charge in [-0.2, -0.15) is 4.98 Å². The van der Waals surface area contributed by atoms with E-state index in [-0.39, 0.29) is 23.5 Å². The number of ether oxygens (including phenoxy) is 1. The molecular weight excluding hydrogens is 470 g/mol. The second-order valence-electron chi connectivity index (χ2n) is 8.39. The molecule has 182 valence electrons. The fourth-order valence-corrected chi connectivity index (χ4v) is 3.89. The summed E-state index contributed by atoms with van der Waals surface area (Å²) in [6, 6.07) is 27.2. The fourth-order valence-electron chi connectivity index (χ4n) is 3.89. The van der Waals surface area contributed by atoms with Crippen LogP contribution >= 0.6 is 0 Å². The summed E-state index contributed by atoms with van der Waals surface area (Å²) < 4.78 is 14.2. The Morgan fingerprint density at radius 2 is 1.57 bits per heavy atom. The Balaban J connectivity index is 1.15. The molecule has 0 atom stereocenters. The summed E-state index contributed by atoms with van der Waals surface area (Å²) in [6.45, 7) is 1.02. The van der Waals surface area contributed by atoms with Crippen LogP contribution in [-0.2, 0) is 19.7 Å². The van der Waals surface area contributed by atoms with Crippen LogP contribution in [0.4, 0.5) is 0 Å². The molecule has 37 heavy (non-hydrogen) atoms. The van der Waals surface area contributed by atoms with Gasteiger partial charge in [0.25, 0.3) is 5.56 Å². The molecule has 0 saturated heterocycles. The van der Waals surface area contributed by atoms with Gasteiger partial charge in [-0.05, 0) is 35.4 Å². The van der Waals surface area contributed by atoms with Gasteiger partial charge in [-0.25, -0.2) is 9.67 Å². The van der Waals surface area contributed by atoms with E-state index in [2.05, 4.69) is 25.4 Å². The molecule has 0 unspecified atom stereocenters. The monoisotopic (exact) mass is 491 g/mol. The third kappa shape index (κ3) is 4.85. The van der Waals surface area contributed by atoms with Crippen LogP contribution in [0.25, 0.3) is 22.6 Å². The van der Waals surface area contributed by atoms with Gasteiger partial charge in [-0.1, -0.05) is 71.0 Å². The molecular formula is C27H21N7O3. The highest BCUT2D eigenvalue weighted by Crippen LogP contribution is 2.21.